The van der Waals surface area contributed by atoms with Gasteiger partial charge in [-0.3, -0.25) is 0 Å². The van der Waals surface area contributed by atoms with Crippen molar-refractivity contribution >= 4 is 10.8 Å². The highest BCUT2D eigenvalue weighted by molar-refractivity contribution is 5.85. The van der Waals surface area contributed by atoms with Crippen LogP contribution in [0.3, 0.4) is 0 Å². The Kier molecular flexibility index (Phi) is 14.4. The Morgan fingerprint density at radius 3 is 1.65 bits per heavy atom. The molecule has 0 atom stereocenters. The summed E-state index contributed by atoms with van der Waals surface area (Å²) in [5, 5.41) is 2.83. The lowest BCUT2D eigenvalue weighted by Gasteiger charge is -2.20. The summed E-state index contributed by atoms with van der Waals surface area (Å²) >= 11 is 0. The third kappa shape index (κ3) is 11.2. The van der Waals surface area contributed by atoms with Gasteiger partial charge in [0, 0.05) is 0 Å². The molecule has 2 rings (SSSR count). The van der Waals surface area contributed by atoms with E-state index in [-0.39, 0.29) is 0 Å². The van der Waals surface area contributed by atoms with Crippen LogP contribution in [0.25, 0.3) is 10.8 Å². The summed E-state index contributed by atoms with van der Waals surface area (Å²) in [7, 11) is 0. The fraction of sp³-hybridized carbons (Fsp3) is 0.667. The van der Waals surface area contributed by atoms with Crippen molar-refractivity contribution in [3.05, 3.63) is 48.0 Å². The average molecular weight is 424 g/mol. The Labute approximate surface area is 193 Å². The average Bonchev–Trinajstić information content (AvgIpc) is 2.79. The second-order valence-corrected chi connectivity index (χ2v) is 9.47. The maximum absolute atomic E-state index is 2.65. The minimum absolute atomic E-state index is 1.23. The Morgan fingerprint density at radius 1 is 0.516 bits per heavy atom. The first-order valence-electron chi connectivity index (χ1n) is 13.5. The predicted octanol–water partition coefficient (Wildman–Crippen LogP) is 9.19. The number of rotatable bonds is 19. The van der Waals surface area contributed by atoms with Gasteiger partial charge in [-0.1, -0.05) is 121 Å². The lowest BCUT2D eigenvalue weighted by Crippen LogP contribution is -2.26. The monoisotopic (exact) mass is 423 g/mol. The maximum Gasteiger partial charge on any atom is -0.00187 e. The molecule has 0 amide bonds. The fourth-order valence-corrected chi connectivity index (χ4v) is 4.90. The molecule has 0 unspecified atom stereocenters. The van der Waals surface area contributed by atoms with E-state index < -0.39 is 0 Å². The molecule has 0 fully saturated rings. The number of unbranched alkanes of at least 4 members (excludes halogenated alkanes) is 11. The fourth-order valence-electron chi connectivity index (χ4n) is 4.90. The second kappa shape index (κ2) is 17.2. The van der Waals surface area contributed by atoms with Gasteiger partial charge >= 0.3 is 0 Å². The molecule has 2 aromatic rings. The van der Waals surface area contributed by atoms with E-state index in [9.17, 15) is 0 Å². The van der Waals surface area contributed by atoms with Gasteiger partial charge in [-0.05, 0) is 68.1 Å². The van der Waals surface area contributed by atoms with Crippen molar-refractivity contribution in [2.24, 2.45) is 0 Å². The summed E-state index contributed by atoms with van der Waals surface area (Å²) in [5.74, 6) is 0. The number of benzene rings is 2. The van der Waals surface area contributed by atoms with Gasteiger partial charge in [0.1, 0.15) is 0 Å². The maximum atomic E-state index is 2.65. The van der Waals surface area contributed by atoms with E-state index in [0.29, 0.717) is 0 Å². The highest BCUT2D eigenvalue weighted by Gasteiger charge is 2.02. The molecule has 0 spiro atoms. The molecule has 1 heteroatoms. The van der Waals surface area contributed by atoms with Gasteiger partial charge in [0.05, 0.1) is 0 Å². The molecular formula is C30H49N. The van der Waals surface area contributed by atoms with Crippen LogP contribution in [0.15, 0.2) is 42.5 Å². The van der Waals surface area contributed by atoms with Crippen LogP contribution < -0.4 is 0 Å². The molecule has 0 N–H and O–H groups in total. The van der Waals surface area contributed by atoms with Gasteiger partial charge in [0.15, 0.2) is 0 Å². The van der Waals surface area contributed by atoms with Gasteiger partial charge in [-0.2, -0.15) is 0 Å². The van der Waals surface area contributed by atoms with Crippen LogP contribution in [0.4, 0.5) is 0 Å². The Bertz CT molecular complexity index is 666. The minimum Gasteiger partial charge on any atom is -0.303 e. The van der Waals surface area contributed by atoms with E-state index in [2.05, 4.69) is 61.2 Å². The first kappa shape index (κ1) is 25.9. The first-order valence-corrected chi connectivity index (χ1v) is 13.5. The largest absolute Gasteiger partial charge is 0.303 e. The Morgan fingerprint density at radius 2 is 1.03 bits per heavy atom. The normalized spacial score (nSPS) is 11.6. The zero-order valence-corrected chi connectivity index (χ0v) is 20.7. The van der Waals surface area contributed by atoms with E-state index in [1.165, 1.54) is 132 Å². The van der Waals surface area contributed by atoms with E-state index in [4.69, 9.17) is 0 Å². The molecule has 31 heavy (non-hydrogen) atoms. The minimum atomic E-state index is 1.23. The van der Waals surface area contributed by atoms with Crippen molar-refractivity contribution in [2.75, 3.05) is 19.6 Å². The van der Waals surface area contributed by atoms with Gasteiger partial charge < -0.3 is 4.90 Å². The molecule has 0 radical (unpaired) electrons. The van der Waals surface area contributed by atoms with Crippen LogP contribution in [0, 0.1) is 0 Å². The number of aryl methyl sites for hydroxylation is 1. The van der Waals surface area contributed by atoms with E-state index in [1.807, 2.05) is 0 Å². The van der Waals surface area contributed by atoms with E-state index in [1.54, 1.807) is 0 Å². The molecule has 0 aliphatic carbocycles. The summed E-state index contributed by atoms with van der Waals surface area (Å²) < 4.78 is 0. The summed E-state index contributed by atoms with van der Waals surface area (Å²) in [4.78, 5) is 2.65. The highest BCUT2D eigenvalue weighted by Crippen LogP contribution is 2.21. The Hall–Kier alpha value is -1.34. The summed E-state index contributed by atoms with van der Waals surface area (Å²) in [5.41, 5.74) is 1.53. The van der Waals surface area contributed by atoms with Crippen molar-refractivity contribution in [3.63, 3.8) is 0 Å². The molecule has 0 aliphatic rings. The van der Waals surface area contributed by atoms with Crippen LogP contribution >= 0.6 is 0 Å². The highest BCUT2D eigenvalue weighted by atomic mass is 15.1. The number of hydrogen-bond acceptors (Lipinski definition) is 1. The topological polar surface area (TPSA) is 3.24 Å². The Balaban J connectivity index is 1.38. The zero-order chi connectivity index (χ0) is 22.0. The number of fused-ring (bicyclic) bond motifs is 1. The predicted molar refractivity (Wildman–Crippen MR) is 140 cm³/mol. The summed E-state index contributed by atoms with van der Waals surface area (Å²) in [6, 6.07) is 15.6. The standard InChI is InChI=1S/C30H49N/c1-3-25-31(26-4-2)27-18-14-12-10-8-6-5-7-9-11-13-15-20-28-22-19-23-29-21-16-17-24-30(28)29/h16-17,19,21-24H,3-15,18,20,25-27H2,1-2H3. The van der Waals surface area contributed by atoms with E-state index >= 15 is 0 Å². The number of hydrogen-bond donors (Lipinski definition) is 0. The van der Waals surface area contributed by atoms with Crippen LogP contribution in [-0.4, -0.2) is 24.5 Å². The molecule has 174 valence electrons. The van der Waals surface area contributed by atoms with Gasteiger partial charge in [-0.15, -0.1) is 0 Å². The first-order chi connectivity index (χ1) is 15.3. The molecular weight excluding hydrogens is 374 g/mol. The smallest absolute Gasteiger partial charge is 0.00187 e. The lowest BCUT2D eigenvalue weighted by molar-refractivity contribution is 0.267. The van der Waals surface area contributed by atoms with Crippen molar-refractivity contribution in [3.8, 4) is 0 Å². The van der Waals surface area contributed by atoms with Crippen molar-refractivity contribution in [1.82, 2.24) is 4.90 Å². The molecule has 0 bridgehead atoms. The summed E-state index contributed by atoms with van der Waals surface area (Å²) in [6.07, 6.45) is 20.9. The zero-order valence-electron chi connectivity index (χ0n) is 20.7. The molecule has 1 nitrogen and oxygen atoms in total. The second-order valence-electron chi connectivity index (χ2n) is 9.47. The molecule has 0 saturated carbocycles. The van der Waals surface area contributed by atoms with Crippen LogP contribution in [0.2, 0.25) is 0 Å². The SMILES string of the molecule is CCCN(CCC)CCCCCCCCCCCCCCc1cccc2ccccc12. The van der Waals surface area contributed by atoms with Crippen LogP contribution in [0.1, 0.15) is 109 Å². The molecule has 0 aliphatic heterocycles. The van der Waals surface area contributed by atoms with Crippen LogP contribution in [-0.2, 0) is 6.42 Å². The third-order valence-electron chi connectivity index (χ3n) is 6.63. The van der Waals surface area contributed by atoms with Gasteiger partial charge in [-0.25, -0.2) is 0 Å². The quantitative estimate of drug-likeness (QED) is 0.203. The molecule has 0 saturated heterocycles. The van der Waals surface area contributed by atoms with Crippen molar-refractivity contribution in [2.45, 2.75) is 110 Å². The van der Waals surface area contributed by atoms with Gasteiger partial charge in [0.25, 0.3) is 0 Å². The molecule has 0 heterocycles. The van der Waals surface area contributed by atoms with Gasteiger partial charge in [0.2, 0.25) is 0 Å². The van der Waals surface area contributed by atoms with E-state index in [0.717, 1.165) is 0 Å². The molecule has 2 aromatic carbocycles. The van der Waals surface area contributed by atoms with Crippen molar-refractivity contribution in [1.29, 1.82) is 0 Å². The molecule has 0 aromatic heterocycles. The summed E-state index contributed by atoms with van der Waals surface area (Å²) in [6.45, 7) is 8.50. The van der Waals surface area contributed by atoms with Crippen LogP contribution in [0.5, 0.6) is 0 Å². The lowest BCUT2D eigenvalue weighted by atomic mass is 9.99. The third-order valence-corrected chi connectivity index (χ3v) is 6.63. The van der Waals surface area contributed by atoms with Crippen molar-refractivity contribution < 1.29 is 0 Å². The number of nitrogens with zero attached hydrogens (tertiary/aromatic N) is 1.